The van der Waals surface area contributed by atoms with Crippen LogP contribution < -0.4 is 4.74 Å². The van der Waals surface area contributed by atoms with Crippen molar-refractivity contribution in [3.05, 3.63) is 47.2 Å². The summed E-state index contributed by atoms with van der Waals surface area (Å²) in [5.41, 5.74) is 3.07. The molecule has 0 atom stereocenters. The van der Waals surface area contributed by atoms with E-state index in [1.807, 2.05) is 24.3 Å². The summed E-state index contributed by atoms with van der Waals surface area (Å²) in [7, 11) is 0.152. The van der Waals surface area contributed by atoms with Crippen molar-refractivity contribution in [2.75, 3.05) is 7.11 Å². The number of carbonyl (C=O) groups excluding carboxylic acids is 1. The van der Waals surface area contributed by atoms with Gasteiger partial charge in [-0.15, -0.1) is 0 Å². The molecule has 0 saturated carbocycles. The van der Waals surface area contributed by atoms with E-state index in [4.69, 9.17) is 4.74 Å². The van der Waals surface area contributed by atoms with Crippen LogP contribution in [0.2, 0.25) is 19.6 Å². The molecule has 0 heterocycles. The lowest BCUT2D eigenvalue weighted by atomic mass is 9.86. The van der Waals surface area contributed by atoms with Crippen molar-refractivity contribution in [3.63, 3.8) is 0 Å². The summed E-state index contributed by atoms with van der Waals surface area (Å²) in [6, 6.07) is 7.79. The van der Waals surface area contributed by atoms with Gasteiger partial charge < -0.3 is 4.74 Å². The van der Waals surface area contributed by atoms with Crippen molar-refractivity contribution in [3.8, 4) is 5.75 Å². The summed E-state index contributed by atoms with van der Waals surface area (Å²) in [4.78, 5) is 12.5. The van der Waals surface area contributed by atoms with Gasteiger partial charge >= 0.3 is 0 Å². The molecule has 1 aromatic carbocycles. The molecule has 0 aromatic heterocycles. The molecule has 0 saturated heterocycles. The Labute approximate surface area is 128 Å². The molecule has 2 rings (SSSR count). The highest BCUT2D eigenvalue weighted by atomic mass is 28.3. The molecule has 1 aromatic rings. The lowest BCUT2D eigenvalue weighted by Crippen LogP contribution is -2.27. The standard InChI is InChI=1S/C18H24O2Si/c1-13(21(3,4)5)16-7-6-8-17(19)18(16)14-9-11-15(20-2)12-10-14/h9-12H,1,6-8H2,2-5H3. The van der Waals surface area contributed by atoms with Crippen LogP contribution >= 0.6 is 0 Å². The fraction of sp³-hybridized carbons (Fsp3) is 0.389. The first kappa shape index (κ1) is 15.8. The van der Waals surface area contributed by atoms with Crippen LogP contribution in [0.3, 0.4) is 0 Å². The molecule has 0 amide bonds. The SMILES string of the molecule is C=C(C1=C(c2ccc(OC)cc2)C(=O)CCC1)[Si](C)(C)C. The quantitative estimate of drug-likeness (QED) is 0.757. The van der Waals surface area contributed by atoms with Gasteiger partial charge in [0.1, 0.15) is 5.75 Å². The van der Waals surface area contributed by atoms with Crippen molar-refractivity contribution in [2.45, 2.75) is 38.9 Å². The van der Waals surface area contributed by atoms with Gasteiger partial charge in [0.05, 0.1) is 15.2 Å². The van der Waals surface area contributed by atoms with Gasteiger partial charge in [-0.2, -0.15) is 0 Å². The van der Waals surface area contributed by atoms with Crippen LogP contribution in [0, 0.1) is 0 Å². The molecule has 0 spiro atoms. The zero-order chi connectivity index (χ0) is 15.6. The van der Waals surface area contributed by atoms with Gasteiger partial charge in [0.2, 0.25) is 0 Å². The van der Waals surface area contributed by atoms with E-state index < -0.39 is 8.07 Å². The Morgan fingerprint density at radius 2 is 1.76 bits per heavy atom. The molecule has 112 valence electrons. The van der Waals surface area contributed by atoms with Crippen molar-refractivity contribution in [2.24, 2.45) is 0 Å². The fourth-order valence-electron chi connectivity index (χ4n) is 2.69. The van der Waals surface area contributed by atoms with Crippen molar-refractivity contribution >= 4 is 19.4 Å². The molecule has 2 nitrogen and oxygen atoms in total. The molecule has 0 unspecified atom stereocenters. The maximum atomic E-state index is 12.5. The topological polar surface area (TPSA) is 26.3 Å². The van der Waals surface area contributed by atoms with Crippen molar-refractivity contribution in [1.29, 1.82) is 0 Å². The number of ketones is 1. The summed E-state index contributed by atoms with van der Waals surface area (Å²) in [5, 5.41) is 1.21. The molecule has 0 bridgehead atoms. The monoisotopic (exact) mass is 300 g/mol. The van der Waals surface area contributed by atoms with E-state index in [9.17, 15) is 4.79 Å². The van der Waals surface area contributed by atoms with E-state index in [1.165, 1.54) is 10.8 Å². The van der Waals surface area contributed by atoms with Crippen LogP contribution in [0.1, 0.15) is 24.8 Å². The van der Waals surface area contributed by atoms with E-state index in [0.29, 0.717) is 6.42 Å². The number of carbonyl (C=O) groups is 1. The normalized spacial score (nSPS) is 16.1. The third-order valence-electron chi connectivity index (χ3n) is 4.06. The van der Waals surface area contributed by atoms with Gasteiger partial charge in [-0.05, 0) is 36.1 Å². The molecule has 1 aliphatic carbocycles. The van der Waals surface area contributed by atoms with E-state index in [1.54, 1.807) is 7.11 Å². The van der Waals surface area contributed by atoms with Crippen LogP contribution in [0.4, 0.5) is 0 Å². The third kappa shape index (κ3) is 3.35. The molecule has 21 heavy (non-hydrogen) atoms. The van der Waals surface area contributed by atoms with E-state index in [0.717, 1.165) is 29.7 Å². The Bertz CT molecular complexity index is 589. The molecular formula is C18H24O2Si. The molecule has 0 N–H and O–H groups in total. The van der Waals surface area contributed by atoms with Gasteiger partial charge in [0.25, 0.3) is 0 Å². The Balaban J connectivity index is 2.53. The third-order valence-corrected chi connectivity index (χ3v) is 6.17. The lowest BCUT2D eigenvalue weighted by Gasteiger charge is -2.28. The summed E-state index contributed by atoms with van der Waals surface area (Å²) in [6.07, 6.45) is 2.55. The average molecular weight is 300 g/mol. The highest BCUT2D eigenvalue weighted by Gasteiger charge is 2.28. The van der Waals surface area contributed by atoms with Crippen LogP contribution in [0.15, 0.2) is 41.6 Å². The summed E-state index contributed by atoms with van der Waals surface area (Å²) in [6.45, 7) is 11.2. The minimum Gasteiger partial charge on any atom is -0.497 e. The molecule has 0 radical (unpaired) electrons. The second-order valence-electron chi connectivity index (χ2n) is 6.59. The second kappa shape index (κ2) is 6.02. The average Bonchev–Trinajstić information content (AvgIpc) is 2.45. The number of hydrogen-bond acceptors (Lipinski definition) is 2. The van der Waals surface area contributed by atoms with Gasteiger partial charge in [-0.1, -0.05) is 43.5 Å². The molecule has 1 aliphatic rings. The van der Waals surface area contributed by atoms with Crippen LogP contribution in [-0.4, -0.2) is 21.0 Å². The number of methoxy groups -OCH3 is 1. The fourth-order valence-corrected chi connectivity index (χ4v) is 3.85. The van der Waals surface area contributed by atoms with Crippen LogP contribution in [0.25, 0.3) is 5.57 Å². The zero-order valence-electron chi connectivity index (χ0n) is 13.5. The molecule has 3 heteroatoms. The number of ether oxygens (including phenoxy) is 1. The largest absolute Gasteiger partial charge is 0.497 e. The Morgan fingerprint density at radius 1 is 1.14 bits per heavy atom. The number of hydrogen-bond donors (Lipinski definition) is 0. The number of Topliss-reactive ketones (excluding diaryl/α,β-unsaturated/α-hetero) is 1. The highest BCUT2D eigenvalue weighted by Crippen LogP contribution is 2.37. The first-order chi connectivity index (χ1) is 9.84. The molecule has 0 fully saturated rings. The van der Waals surface area contributed by atoms with Crippen LogP contribution in [0.5, 0.6) is 5.75 Å². The van der Waals surface area contributed by atoms with E-state index >= 15 is 0 Å². The smallest absolute Gasteiger partial charge is 0.163 e. The Hall–Kier alpha value is -1.61. The minimum atomic E-state index is -1.50. The first-order valence-electron chi connectivity index (χ1n) is 7.45. The maximum Gasteiger partial charge on any atom is 0.163 e. The van der Waals surface area contributed by atoms with Crippen molar-refractivity contribution < 1.29 is 9.53 Å². The highest BCUT2D eigenvalue weighted by molar-refractivity contribution is 6.84. The number of benzene rings is 1. The Kier molecular flexibility index (Phi) is 4.52. The van der Waals surface area contributed by atoms with Crippen LogP contribution in [-0.2, 0) is 4.79 Å². The predicted molar refractivity (Wildman–Crippen MR) is 91.3 cm³/mol. The van der Waals surface area contributed by atoms with Crippen molar-refractivity contribution in [1.82, 2.24) is 0 Å². The minimum absolute atomic E-state index is 0.251. The summed E-state index contributed by atoms with van der Waals surface area (Å²) >= 11 is 0. The maximum absolute atomic E-state index is 12.5. The van der Waals surface area contributed by atoms with E-state index in [2.05, 4.69) is 26.2 Å². The first-order valence-corrected chi connectivity index (χ1v) is 10.9. The van der Waals surface area contributed by atoms with Gasteiger partial charge in [0, 0.05) is 12.0 Å². The van der Waals surface area contributed by atoms with Gasteiger partial charge in [-0.3, -0.25) is 4.79 Å². The summed E-state index contributed by atoms with van der Waals surface area (Å²) in [5.74, 6) is 1.06. The summed E-state index contributed by atoms with van der Waals surface area (Å²) < 4.78 is 5.20. The van der Waals surface area contributed by atoms with Gasteiger partial charge in [0.15, 0.2) is 5.78 Å². The lowest BCUT2D eigenvalue weighted by molar-refractivity contribution is -0.114. The molecular weight excluding hydrogens is 276 g/mol. The molecule has 0 aliphatic heterocycles. The van der Waals surface area contributed by atoms with Gasteiger partial charge in [-0.25, -0.2) is 0 Å². The van der Waals surface area contributed by atoms with E-state index in [-0.39, 0.29) is 5.78 Å². The number of rotatable bonds is 4. The number of allylic oxidation sites excluding steroid dienone is 3. The second-order valence-corrected chi connectivity index (χ2v) is 11.7. The zero-order valence-corrected chi connectivity index (χ0v) is 14.5. The Morgan fingerprint density at radius 3 is 2.29 bits per heavy atom. The predicted octanol–water partition coefficient (Wildman–Crippen LogP) is 4.64.